The lowest BCUT2D eigenvalue weighted by atomic mass is 10.4. The van der Waals surface area contributed by atoms with Gasteiger partial charge in [0.25, 0.3) is 0 Å². The Hall–Kier alpha value is -0.430. The van der Waals surface area contributed by atoms with Crippen LogP contribution >= 0.6 is 7.72 Å². The third-order valence-corrected chi connectivity index (χ3v) is 6.91. The Bertz CT molecular complexity index is 384. The van der Waals surface area contributed by atoms with E-state index in [2.05, 4.69) is 37.3 Å². The van der Waals surface area contributed by atoms with Crippen molar-refractivity contribution < 1.29 is 9.05 Å². The molecule has 0 heterocycles. The molecule has 2 fully saturated rings. The predicted octanol–water partition coefficient (Wildman–Crippen LogP) is 4.32. The van der Waals surface area contributed by atoms with Crippen LogP contribution in [0.4, 0.5) is 0 Å². The Morgan fingerprint density at radius 2 is 1.58 bits per heavy atom. The molecular formula is C16H24O2P+. The Morgan fingerprint density at radius 3 is 2.05 bits per heavy atom. The number of hydrogen-bond acceptors (Lipinski definition) is 2. The SMILES string of the molecule is CCCC[P+](OC1CC1)(OC1CC1)c1ccccc1. The van der Waals surface area contributed by atoms with E-state index in [1.165, 1.54) is 43.8 Å². The van der Waals surface area contributed by atoms with Gasteiger partial charge in [0, 0.05) is 0 Å². The van der Waals surface area contributed by atoms with E-state index in [0.717, 1.165) is 6.16 Å². The van der Waals surface area contributed by atoms with Crippen LogP contribution in [0.5, 0.6) is 0 Å². The van der Waals surface area contributed by atoms with E-state index < -0.39 is 7.72 Å². The molecule has 1 aromatic carbocycles. The van der Waals surface area contributed by atoms with Crippen molar-refractivity contribution in [2.45, 2.75) is 57.7 Å². The van der Waals surface area contributed by atoms with Crippen molar-refractivity contribution in [3.63, 3.8) is 0 Å². The number of hydrogen-bond donors (Lipinski definition) is 0. The molecule has 0 atom stereocenters. The van der Waals surface area contributed by atoms with E-state index >= 15 is 0 Å². The summed E-state index contributed by atoms with van der Waals surface area (Å²) < 4.78 is 13.0. The van der Waals surface area contributed by atoms with Crippen LogP contribution in [0.25, 0.3) is 0 Å². The first kappa shape index (κ1) is 13.5. The quantitative estimate of drug-likeness (QED) is 0.660. The average molecular weight is 279 g/mol. The summed E-state index contributed by atoms with van der Waals surface area (Å²) in [4.78, 5) is 0. The molecule has 1 aromatic rings. The smallest absolute Gasteiger partial charge is 0.198 e. The molecule has 2 saturated carbocycles. The summed E-state index contributed by atoms with van der Waals surface area (Å²) >= 11 is 0. The second-order valence-electron chi connectivity index (χ2n) is 5.70. The molecule has 104 valence electrons. The fourth-order valence-electron chi connectivity index (χ4n) is 2.23. The topological polar surface area (TPSA) is 18.5 Å². The van der Waals surface area contributed by atoms with Crippen molar-refractivity contribution in [2.24, 2.45) is 0 Å². The van der Waals surface area contributed by atoms with Crippen LogP contribution in [-0.2, 0) is 9.05 Å². The van der Waals surface area contributed by atoms with Gasteiger partial charge in [0.2, 0.25) is 0 Å². The van der Waals surface area contributed by atoms with Crippen molar-refractivity contribution in [2.75, 3.05) is 6.16 Å². The molecule has 2 aliphatic rings. The third-order valence-electron chi connectivity index (χ3n) is 3.64. The van der Waals surface area contributed by atoms with Crippen molar-refractivity contribution in [1.29, 1.82) is 0 Å². The molecule has 0 saturated heterocycles. The fraction of sp³-hybridized carbons (Fsp3) is 0.625. The first-order chi connectivity index (χ1) is 9.32. The minimum Gasteiger partial charge on any atom is -0.198 e. The summed E-state index contributed by atoms with van der Waals surface area (Å²) in [7, 11) is -1.85. The van der Waals surface area contributed by atoms with Crippen LogP contribution in [-0.4, -0.2) is 18.4 Å². The molecule has 0 spiro atoms. The Kier molecular flexibility index (Phi) is 4.21. The van der Waals surface area contributed by atoms with Gasteiger partial charge in [0.1, 0.15) is 18.4 Å². The van der Waals surface area contributed by atoms with E-state index in [0.29, 0.717) is 12.2 Å². The van der Waals surface area contributed by atoms with Gasteiger partial charge in [-0.2, -0.15) is 9.05 Å². The maximum absolute atomic E-state index is 6.48. The predicted molar refractivity (Wildman–Crippen MR) is 81.0 cm³/mol. The van der Waals surface area contributed by atoms with Crippen molar-refractivity contribution >= 4 is 13.0 Å². The monoisotopic (exact) mass is 279 g/mol. The fourth-order valence-corrected chi connectivity index (χ4v) is 5.74. The Balaban J connectivity index is 1.84. The van der Waals surface area contributed by atoms with Crippen molar-refractivity contribution in [3.05, 3.63) is 30.3 Å². The molecule has 0 bridgehead atoms. The highest BCUT2D eigenvalue weighted by Crippen LogP contribution is 2.65. The molecule has 2 aliphatic carbocycles. The van der Waals surface area contributed by atoms with Crippen LogP contribution in [0.1, 0.15) is 45.4 Å². The van der Waals surface area contributed by atoms with Crippen LogP contribution in [0.15, 0.2) is 30.3 Å². The molecule has 3 rings (SSSR count). The second-order valence-corrected chi connectivity index (χ2v) is 8.43. The van der Waals surface area contributed by atoms with E-state index in [1.54, 1.807) is 0 Å². The second kappa shape index (κ2) is 5.91. The highest BCUT2D eigenvalue weighted by molar-refractivity contribution is 7.74. The van der Waals surface area contributed by atoms with Gasteiger partial charge in [0.15, 0.2) is 5.30 Å². The van der Waals surface area contributed by atoms with Gasteiger partial charge in [-0.15, -0.1) is 0 Å². The third kappa shape index (κ3) is 3.56. The van der Waals surface area contributed by atoms with E-state index in [4.69, 9.17) is 9.05 Å². The molecule has 0 aromatic heterocycles. The Morgan fingerprint density at radius 1 is 1.00 bits per heavy atom. The molecule has 19 heavy (non-hydrogen) atoms. The molecular weight excluding hydrogens is 255 g/mol. The van der Waals surface area contributed by atoms with E-state index in [9.17, 15) is 0 Å². The summed E-state index contributed by atoms with van der Waals surface area (Å²) in [6.45, 7) is 2.24. The van der Waals surface area contributed by atoms with Gasteiger partial charge in [-0.25, -0.2) is 0 Å². The highest BCUT2D eigenvalue weighted by atomic mass is 31.2. The largest absolute Gasteiger partial charge is 0.307 e. The van der Waals surface area contributed by atoms with Gasteiger partial charge in [-0.1, -0.05) is 31.5 Å². The lowest BCUT2D eigenvalue weighted by molar-refractivity contribution is 0.221. The van der Waals surface area contributed by atoms with E-state index in [1.807, 2.05) is 0 Å². The minimum absolute atomic E-state index is 0.462. The summed E-state index contributed by atoms with van der Waals surface area (Å²) in [5, 5.41) is 1.31. The number of rotatable bonds is 8. The summed E-state index contributed by atoms with van der Waals surface area (Å²) in [6, 6.07) is 10.7. The van der Waals surface area contributed by atoms with Crippen molar-refractivity contribution in [3.8, 4) is 0 Å². The molecule has 0 radical (unpaired) electrons. The molecule has 3 heteroatoms. The number of unbranched alkanes of at least 4 members (excludes halogenated alkanes) is 1. The van der Waals surface area contributed by atoms with Gasteiger partial charge in [-0.3, -0.25) is 0 Å². The van der Waals surface area contributed by atoms with Crippen LogP contribution in [0.3, 0.4) is 0 Å². The highest BCUT2D eigenvalue weighted by Gasteiger charge is 2.52. The van der Waals surface area contributed by atoms with Gasteiger partial charge in [0.05, 0.1) is 0 Å². The van der Waals surface area contributed by atoms with E-state index in [-0.39, 0.29) is 0 Å². The summed E-state index contributed by atoms with van der Waals surface area (Å²) in [5.41, 5.74) is 0. The maximum Gasteiger partial charge on any atom is 0.307 e. The lowest BCUT2D eigenvalue weighted by Crippen LogP contribution is -2.21. The standard InChI is InChI=1S/C16H24O2P/c1-2-3-13-19(17-14-9-10-14,18-15-11-12-15)16-7-5-4-6-8-16/h4-8,14-15H,2-3,9-13H2,1H3/q+1. The van der Waals surface area contributed by atoms with Gasteiger partial charge >= 0.3 is 7.72 Å². The van der Waals surface area contributed by atoms with Crippen LogP contribution in [0, 0.1) is 0 Å². The first-order valence-corrected chi connectivity index (χ1v) is 9.44. The lowest BCUT2D eigenvalue weighted by Gasteiger charge is -2.24. The van der Waals surface area contributed by atoms with Gasteiger partial charge in [-0.05, 0) is 44.2 Å². The normalized spacial score (nSPS) is 19.6. The maximum atomic E-state index is 6.48. The zero-order chi connectivity index (χ0) is 13.1. The zero-order valence-electron chi connectivity index (χ0n) is 11.8. The van der Waals surface area contributed by atoms with Gasteiger partial charge < -0.3 is 0 Å². The summed E-state index contributed by atoms with van der Waals surface area (Å²) in [6.07, 6.45) is 9.28. The minimum atomic E-state index is -1.85. The molecule has 2 nitrogen and oxygen atoms in total. The Labute approximate surface area is 117 Å². The van der Waals surface area contributed by atoms with Crippen LogP contribution < -0.4 is 5.30 Å². The summed E-state index contributed by atoms with van der Waals surface area (Å²) in [5.74, 6) is 0. The molecule has 0 N–H and O–H groups in total. The number of benzene rings is 1. The molecule has 0 unspecified atom stereocenters. The molecule has 0 amide bonds. The average Bonchev–Trinajstić information content (AvgIpc) is 3.34. The first-order valence-electron chi connectivity index (χ1n) is 7.63. The zero-order valence-corrected chi connectivity index (χ0v) is 12.6. The molecule has 0 aliphatic heterocycles. The van der Waals surface area contributed by atoms with Crippen LogP contribution in [0.2, 0.25) is 0 Å². The van der Waals surface area contributed by atoms with Crippen molar-refractivity contribution in [1.82, 2.24) is 0 Å².